The normalized spacial score (nSPS) is 12.5. The predicted molar refractivity (Wildman–Crippen MR) is 57.8 cm³/mol. The van der Waals surface area contributed by atoms with Crippen molar-refractivity contribution in [1.82, 2.24) is 0 Å². The fourth-order valence-electron chi connectivity index (χ4n) is 1.01. The Morgan fingerprint density at radius 1 is 1.33 bits per heavy atom. The summed E-state index contributed by atoms with van der Waals surface area (Å²) in [7, 11) is -4.23. The molecule has 0 aliphatic rings. The molecule has 0 radical (unpaired) electrons. The zero-order chi connectivity index (χ0) is 14.0. The van der Waals surface area contributed by atoms with E-state index >= 15 is 0 Å². The molecule has 102 valence electrons. The SMILES string of the molecule is COc1ccc(COS(=O)(=O)C(F)(F)F)cc1Cl. The number of benzene rings is 1. The van der Waals surface area contributed by atoms with Gasteiger partial charge in [0.25, 0.3) is 0 Å². The monoisotopic (exact) mass is 304 g/mol. The van der Waals surface area contributed by atoms with Crippen molar-refractivity contribution >= 4 is 21.7 Å². The summed E-state index contributed by atoms with van der Waals surface area (Å²) in [5.41, 5.74) is -5.27. The molecule has 0 spiro atoms. The third-order valence-corrected chi connectivity index (χ3v) is 3.17. The summed E-state index contributed by atoms with van der Waals surface area (Å²) in [5, 5.41) is 0.142. The van der Waals surface area contributed by atoms with Crippen molar-refractivity contribution in [3.8, 4) is 5.75 Å². The van der Waals surface area contributed by atoms with E-state index in [0.29, 0.717) is 5.75 Å². The van der Waals surface area contributed by atoms with E-state index in [1.54, 1.807) is 0 Å². The van der Waals surface area contributed by atoms with Gasteiger partial charge in [-0.3, -0.25) is 4.18 Å². The second-order valence-corrected chi connectivity index (χ2v) is 5.15. The van der Waals surface area contributed by atoms with E-state index in [4.69, 9.17) is 16.3 Å². The van der Waals surface area contributed by atoms with E-state index in [1.807, 2.05) is 0 Å². The molecule has 9 heteroatoms. The van der Waals surface area contributed by atoms with Crippen molar-refractivity contribution in [1.29, 1.82) is 0 Å². The Kier molecular flexibility index (Phi) is 4.46. The van der Waals surface area contributed by atoms with Crippen LogP contribution in [0.3, 0.4) is 0 Å². The Morgan fingerprint density at radius 3 is 2.39 bits per heavy atom. The standard InChI is InChI=1S/C9H8ClF3O4S/c1-16-8-3-2-6(4-7(8)10)5-17-18(14,15)9(11,12)13/h2-4H,5H2,1H3. The highest BCUT2D eigenvalue weighted by Gasteiger charge is 2.47. The van der Waals surface area contributed by atoms with Gasteiger partial charge >= 0.3 is 15.6 Å². The molecule has 4 nitrogen and oxygen atoms in total. The number of hydrogen-bond acceptors (Lipinski definition) is 4. The van der Waals surface area contributed by atoms with Crippen LogP contribution in [0.4, 0.5) is 13.2 Å². The first-order chi connectivity index (χ1) is 8.17. The van der Waals surface area contributed by atoms with E-state index in [0.717, 1.165) is 0 Å². The van der Waals surface area contributed by atoms with Crippen molar-refractivity contribution in [2.75, 3.05) is 7.11 Å². The summed E-state index contributed by atoms with van der Waals surface area (Å²) in [4.78, 5) is 0. The number of methoxy groups -OCH3 is 1. The van der Waals surface area contributed by atoms with Crippen LogP contribution in [0.2, 0.25) is 5.02 Å². The van der Waals surface area contributed by atoms with Gasteiger partial charge in [0, 0.05) is 0 Å². The highest BCUT2D eigenvalue weighted by molar-refractivity contribution is 7.87. The molecule has 0 heterocycles. The number of rotatable bonds is 4. The van der Waals surface area contributed by atoms with Crippen LogP contribution in [0, 0.1) is 0 Å². The lowest BCUT2D eigenvalue weighted by Gasteiger charge is -2.09. The Bertz CT molecular complexity index is 527. The smallest absolute Gasteiger partial charge is 0.495 e. The molecule has 0 fully saturated rings. The summed E-state index contributed by atoms with van der Waals surface area (Å²) in [6, 6.07) is 3.99. The van der Waals surface area contributed by atoms with Crippen molar-refractivity contribution in [2.24, 2.45) is 0 Å². The lowest BCUT2D eigenvalue weighted by Crippen LogP contribution is -2.25. The van der Waals surface area contributed by atoms with Crippen molar-refractivity contribution in [3.05, 3.63) is 28.8 Å². The van der Waals surface area contributed by atoms with Crippen molar-refractivity contribution in [2.45, 2.75) is 12.1 Å². The van der Waals surface area contributed by atoms with Gasteiger partial charge in [-0.05, 0) is 17.7 Å². The van der Waals surface area contributed by atoms with Gasteiger partial charge in [0.1, 0.15) is 5.75 Å². The molecule has 0 aliphatic heterocycles. The number of halogens is 4. The first-order valence-electron chi connectivity index (χ1n) is 4.45. The molecule has 1 aromatic rings. The minimum atomic E-state index is -5.60. The maximum absolute atomic E-state index is 12.0. The lowest BCUT2D eigenvalue weighted by atomic mass is 10.2. The summed E-state index contributed by atoms with van der Waals surface area (Å²) >= 11 is 5.72. The average Bonchev–Trinajstić information content (AvgIpc) is 2.25. The highest BCUT2D eigenvalue weighted by Crippen LogP contribution is 2.28. The van der Waals surface area contributed by atoms with Gasteiger partial charge in [-0.15, -0.1) is 0 Å². The first-order valence-corrected chi connectivity index (χ1v) is 6.24. The van der Waals surface area contributed by atoms with Crippen LogP contribution in [0.1, 0.15) is 5.56 Å². The molecule has 0 N–H and O–H groups in total. The minimum absolute atomic E-state index is 0.142. The van der Waals surface area contributed by atoms with E-state index in [-0.39, 0.29) is 10.6 Å². The molecule has 0 saturated heterocycles. The summed E-state index contributed by atoms with van der Waals surface area (Å²) < 4.78 is 65.9. The quantitative estimate of drug-likeness (QED) is 0.634. The predicted octanol–water partition coefficient (Wildman–Crippen LogP) is 2.71. The second kappa shape index (κ2) is 5.33. The zero-order valence-corrected chi connectivity index (χ0v) is 10.6. The number of hydrogen-bond donors (Lipinski definition) is 0. The van der Waals surface area contributed by atoms with Crippen molar-refractivity contribution < 1.29 is 30.5 Å². The lowest BCUT2D eigenvalue weighted by molar-refractivity contribution is -0.0547. The summed E-state index contributed by atoms with van der Waals surface area (Å²) in [5.74, 6) is 0.319. The van der Waals surface area contributed by atoms with Gasteiger partial charge in [0.2, 0.25) is 0 Å². The fraction of sp³-hybridized carbons (Fsp3) is 0.333. The van der Waals surface area contributed by atoms with E-state index in [1.165, 1.54) is 25.3 Å². The Morgan fingerprint density at radius 2 is 1.94 bits per heavy atom. The van der Waals surface area contributed by atoms with E-state index in [9.17, 15) is 21.6 Å². The van der Waals surface area contributed by atoms with Crippen LogP contribution in [0.25, 0.3) is 0 Å². The molecule has 0 aromatic heterocycles. The second-order valence-electron chi connectivity index (χ2n) is 3.13. The first kappa shape index (κ1) is 15.1. The van der Waals surface area contributed by atoms with Gasteiger partial charge in [-0.1, -0.05) is 17.7 Å². The third-order valence-electron chi connectivity index (χ3n) is 1.88. The Balaban J connectivity index is 2.79. The molecule has 0 amide bonds. The number of ether oxygens (including phenoxy) is 1. The molecule has 1 rings (SSSR count). The molecule has 0 aliphatic carbocycles. The maximum atomic E-state index is 12.0. The van der Waals surface area contributed by atoms with Gasteiger partial charge in [-0.2, -0.15) is 21.6 Å². The van der Waals surface area contributed by atoms with Gasteiger partial charge < -0.3 is 4.74 Å². The summed E-state index contributed by atoms with van der Waals surface area (Å²) in [6.45, 7) is -0.758. The Hall–Kier alpha value is -0.990. The van der Waals surface area contributed by atoms with E-state index < -0.39 is 22.2 Å². The van der Waals surface area contributed by atoms with Gasteiger partial charge in [0.15, 0.2) is 0 Å². The highest BCUT2D eigenvalue weighted by atomic mass is 35.5. The van der Waals surface area contributed by atoms with Crippen molar-refractivity contribution in [3.63, 3.8) is 0 Å². The van der Waals surface area contributed by atoms with E-state index in [2.05, 4.69) is 4.18 Å². The molecule has 18 heavy (non-hydrogen) atoms. The molecule has 1 aromatic carbocycles. The van der Waals surface area contributed by atoms with Gasteiger partial charge in [-0.25, -0.2) is 0 Å². The number of alkyl halides is 3. The van der Waals surface area contributed by atoms with Crippen LogP contribution in [-0.4, -0.2) is 21.0 Å². The van der Waals surface area contributed by atoms with Crippen LogP contribution in [-0.2, 0) is 20.9 Å². The molecule has 0 saturated carbocycles. The fourth-order valence-corrected chi connectivity index (χ4v) is 1.72. The topological polar surface area (TPSA) is 52.6 Å². The minimum Gasteiger partial charge on any atom is -0.495 e. The summed E-state index contributed by atoms with van der Waals surface area (Å²) in [6.07, 6.45) is 0. The third kappa shape index (κ3) is 3.50. The largest absolute Gasteiger partial charge is 0.523 e. The molecular weight excluding hydrogens is 297 g/mol. The Labute approximate surface area is 106 Å². The van der Waals surface area contributed by atoms with Gasteiger partial charge in [0.05, 0.1) is 18.7 Å². The molecule has 0 bridgehead atoms. The average molecular weight is 305 g/mol. The van der Waals surface area contributed by atoms with Crippen LogP contribution in [0.15, 0.2) is 18.2 Å². The van der Waals surface area contributed by atoms with Crippen LogP contribution < -0.4 is 4.74 Å². The zero-order valence-electron chi connectivity index (χ0n) is 8.99. The van der Waals surface area contributed by atoms with Crippen LogP contribution >= 0.6 is 11.6 Å². The maximum Gasteiger partial charge on any atom is 0.523 e. The van der Waals surface area contributed by atoms with Crippen LogP contribution in [0.5, 0.6) is 5.75 Å². The molecule has 0 unspecified atom stereocenters. The molecule has 0 atom stereocenters. The molecular formula is C9H8ClF3O4S.